The smallest absolute Gasteiger partial charge is 0.234 e. The molecule has 0 saturated carbocycles. The maximum Gasteiger partial charge on any atom is 0.234 e. The molecule has 1 amide bonds. The molecule has 0 radical (unpaired) electrons. The van der Waals surface area contributed by atoms with Crippen LogP contribution in [0.4, 0.5) is 5.69 Å². The molecule has 3 aromatic rings. The lowest BCUT2D eigenvalue weighted by Gasteiger charge is -2.10. The summed E-state index contributed by atoms with van der Waals surface area (Å²) in [5, 5.41) is 11.8. The molecule has 0 fully saturated rings. The number of nitrogen functional groups attached to an aromatic ring is 1. The number of nitrogens with two attached hydrogens (primary N) is 1. The number of furan rings is 1. The van der Waals surface area contributed by atoms with E-state index in [1.807, 2.05) is 6.92 Å². The van der Waals surface area contributed by atoms with E-state index in [2.05, 4.69) is 15.5 Å². The van der Waals surface area contributed by atoms with E-state index in [4.69, 9.17) is 33.5 Å². The van der Waals surface area contributed by atoms with Crippen LogP contribution in [0, 0.1) is 6.92 Å². The molecule has 0 atom stereocenters. The van der Waals surface area contributed by atoms with E-state index in [0.717, 1.165) is 17.3 Å². The third kappa shape index (κ3) is 3.76. The van der Waals surface area contributed by atoms with Crippen LogP contribution >= 0.6 is 35.0 Å². The van der Waals surface area contributed by atoms with Gasteiger partial charge in [-0.25, -0.2) is 4.68 Å². The second-order valence-corrected chi connectivity index (χ2v) is 6.77. The van der Waals surface area contributed by atoms with E-state index in [9.17, 15) is 4.79 Å². The normalized spacial score (nSPS) is 10.8. The highest BCUT2D eigenvalue weighted by Gasteiger charge is 2.17. The van der Waals surface area contributed by atoms with Gasteiger partial charge in [0, 0.05) is 0 Å². The van der Waals surface area contributed by atoms with Crippen LogP contribution in [-0.2, 0) is 4.79 Å². The number of thioether (sulfide) groups is 1. The van der Waals surface area contributed by atoms with Crippen molar-refractivity contribution in [2.24, 2.45) is 0 Å². The Hall–Kier alpha value is -2.16. The fourth-order valence-electron chi connectivity index (χ4n) is 2.03. The Labute approximate surface area is 157 Å². The standard InChI is InChI=1S/C15H13Cl2N5O2S/c1-8-4-5-9(16)13(12(8)17)19-11(23)7-25-15-21-20-14(22(15)18)10-3-2-6-24-10/h2-6H,7,18H2,1H3,(H,19,23). The lowest BCUT2D eigenvalue weighted by Crippen LogP contribution is -2.17. The molecule has 0 aliphatic heterocycles. The summed E-state index contributed by atoms with van der Waals surface area (Å²) in [5.74, 6) is 6.58. The summed E-state index contributed by atoms with van der Waals surface area (Å²) in [6.07, 6.45) is 1.51. The zero-order valence-corrected chi connectivity index (χ0v) is 15.3. The fraction of sp³-hybridized carbons (Fsp3) is 0.133. The van der Waals surface area contributed by atoms with Gasteiger partial charge in [-0.05, 0) is 30.7 Å². The Bertz CT molecular complexity index is 911. The molecule has 25 heavy (non-hydrogen) atoms. The number of aromatic nitrogens is 3. The van der Waals surface area contributed by atoms with Gasteiger partial charge in [0.15, 0.2) is 5.76 Å². The molecule has 0 spiro atoms. The quantitative estimate of drug-likeness (QED) is 0.503. The van der Waals surface area contributed by atoms with E-state index in [0.29, 0.717) is 32.5 Å². The Morgan fingerprint density at radius 1 is 1.36 bits per heavy atom. The van der Waals surface area contributed by atoms with E-state index in [-0.39, 0.29) is 11.7 Å². The zero-order valence-electron chi connectivity index (χ0n) is 13.0. The maximum absolute atomic E-state index is 12.2. The number of hydrogen-bond donors (Lipinski definition) is 2. The van der Waals surface area contributed by atoms with Crippen molar-refractivity contribution in [3.8, 4) is 11.6 Å². The summed E-state index contributed by atoms with van der Waals surface area (Å²) in [5.41, 5.74) is 1.21. The van der Waals surface area contributed by atoms with Crippen molar-refractivity contribution < 1.29 is 9.21 Å². The number of anilines is 1. The molecule has 3 N–H and O–H groups in total. The molecule has 0 bridgehead atoms. The molecule has 3 rings (SSSR count). The van der Waals surface area contributed by atoms with Gasteiger partial charge in [0.05, 0.1) is 27.7 Å². The average Bonchev–Trinajstić information content (AvgIpc) is 3.23. The fourth-order valence-corrected chi connectivity index (χ4v) is 3.15. The Kier molecular flexibility index (Phi) is 5.22. The number of aryl methyl sites for hydroxylation is 1. The van der Waals surface area contributed by atoms with Gasteiger partial charge in [-0.15, -0.1) is 10.2 Å². The first-order chi connectivity index (χ1) is 12.0. The third-order valence-electron chi connectivity index (χ3n) is 3.29. The van der Waals surface area contributed by atoms with Crippen molar-refractivity contribution in [3.05, 3.63) is 46.1 Å². The first-order valence-electron chi connectivity index (χ1n) is 7.09. The summed E-state index contributed by atoms with van der Waals surface area (Å²) in [4.78, 5) is 12.2. The molecule has 0 saturated heterocycles. The van der Waals surface area contributed by atoms with E-state index in [1.54, 1.807) is 24.3 Å². The second-order valence-electron chi connectivity index (χ2n) is 5.04. The summed E-state index contributed by atoms with van der Waals surface area (Å²) in [6.45, 7) is 1.83. The molecule has 1 aromatic carbocycles. The predicted molar refractivity (Wildman–Crippen MR) is 98.4 cm³/mol. The zero-order chi connectivity index (χ0) is 18.0. The largest absolute Gasteiger partial charge is 0.461 e. The average molecular weight is 398 g/mol. The van der Waals surface area contributed by atoms with Gasteiger partial charge in [-0.3, -0.25) is 4.79 Å². The number of hydrogen-bond acceptors (Lipinski definition) is 6. The van der Waals surface area contributed by atoms with Crippen LogP contribution in [0.25, 0.3) is 11.6 Å². The Balaban J connectivity index is 1.67. The van der Waals surface area contributed by atoms with Crippen LogP contribution in [0.15, 0.2) is 40.1 Å². The number of rotatable bonds is 5. The highest BCUT2D eigenvalue weighted by molar-refractivity contribution is 7.99. The number of carbonyl (C=O) groups excluding carboxylic acids is 1. The lowest BCUT2D eigenvalue weighted by atomic mass is 10.2. The van der Waals surface area contributed by atoms with Crippen molar-refractivity contribution in [3.63, 3.8) is 0 Å². The molecule has 130 valence electrons. The van der Waals surface area contributed by atoms with Crippen molar-refractivity contribution in [2.75, 3.05) is 16.9 Å². The highest BCUT2D eigenvalue weighted by Crippen LogP contribution is 2.33. The summed E-state index contributed by atoms with van der Waals surface area (Å²) < 4.78 is 6.50. The van der Waals surface area contributed by atoms with Gasteiger partial charge in [0.2, 0.25) is 16.9 Å². The molecule has 0 unspecified atom stereocenters. The minimum absolute atomic E-state index is 0.0636. The van der Waals surface area contributed by atoms with Crippen LogP contribution < -0.4 is 11.2 Å². The molecule has 2 heterocycles. The molecule has 7 nitrogen and oxygen atoms in total. The number of nitrogens with one attached hydrogen (secondary N) is 1. The molecular weight excluding hydrogens is 385 g/mol. The van der Waals surface area contributed by atoms with Crippen LogP contribution in [0.5, 0.6) is 0 Å². The summed E-state index contributed by atoms with van der Waals surface area (Å²) >= 11 is 13.4. The number of halogens is 2. The molecular formula is C15H13Cl2N5O2S. The Morgan fingerprint density at radius 3 is 2.88 bits per heavy atom. The van der Waals surface area contributed by atoms with Crippen molar-refractivity contribution in [2.45, 2.75) is 12.1 Å². The summed E-state index contributed by atoms with van der Waals surface area (Å²) in [6, 6.07) is 6.90. The van der Waals surface area contributed by atoms with Crippen LogP contribution in [0.3, 0.4) is 0 Å². The van der Waals surface area contributed by atoms with Gasteiger partial charge in [0.25, 0.3) is 0 Å². The minimum atomic E-state index is -0.290. The molecule has 0 aliphatic carbocycles. The molecule has 2 aromatic heterocycles. The first-order valence-corrected chi connectivity index (χ1v) is 8.83. The van der Waals surface area contributed by atoms with Gasteiger partial charge in [-0.1, -0.05) is 41.0 Å². The topological polar surface area (TPSA) is 99.0 Å². The van der Waals surface area contributed by atoms with Crippen LogP contribution in [0.1, 0.15) is 5.56 Å². The van der Waals surface area contributed by atoms with Gasteiger partial charge in [0.1, 0.15) is 0 Å². The van der Waals surface area contributed by atoms with E-state index in [1.165, 1.54) is 10.9 Å². The SMILES string of the molecule is Cc1ccc(Cl)c(NC(=O)CSc2nnc(-c3ccco3)n2N)c1Cl. The number of benzene rings is 1. The molecule has 10 heteroatoms. The van der Waals surface area contributed by atoms with Crippen molar-refractivity contribution in [1.29, 1.82) is 0 Å². The predicted octanol–water partition coefficient (Wildman–Crippen LogP) is 3.60. The van der Waals surface area contributed by atoms with Crippen LogP contribution in [-0.4, -0.2) is 26.5 Å². The van der Waals surface area contributed by atoms with E-state index >= 15 is 0 Å². The van der Waals surface area contributed by atoms with Crippen molar-refractivity contribution >= 4 is 46.6 Å². The number of nitrogens with zero attached hydrogens (tertiary/aromatic N) is 3. The van der Waals surface area contributed by atoms with Crippen molar-refractivity contribution in [1.82, 2.24) is 14.9 Å². The maximum atomic E-state index is 12.2. The van der Waals surface area contributed by atoms with E-state index < -0.39 is 0 Å². The van der Waals surface area contributed by atoms with Crippen LogP contribution in [0.2, 0.25) is 10.0 Å². The molecule has 0 aliphatic rings. The number of amides is 1. The first kappa shape index (κ1) is 17.7. The number of carbonyl (C=O) groups is 1. The highest BCUT2D eigenvalue weighted by atomic mass is 35.5. The lowest BCUT2D eigenvalue weighted by molar-refractivity contribution is -0.113. The summed E-state index contributed by atoms with van der Waals surface area (Å²) in [7, 11) is 0. The van der Waals surface area contributed by atoms with Gasteiger partial charge < -0.3 is 15.6 Å². The third-order valence-corrected chi connectivity index (χ3v) is 5.03. The minimum Gasteiger partial charge on any atom is -0.461 e. The van der Waals surface area contributed by atoms with Gasteiger partial charge >= 0.3 is 0 Å². The van der Waals surface area contributed by atoms with Gasteiger partial charge in [-0.2, -0.15) is 0 Å². The monoisotopic (exact) mass is 397 g/mol. The Morgan fingerprint density at radius 2 is 2.16 bits per heavy atom. The second kappa shape index (κ2) is 7.38.